The van der Waals surface area contributed by atoms with Crippen molar-refractivity contribution in [1.82, 2.24) is 4.90 Å². The van der Waals surface area contributed by atoms with Crippen LogP contribution in [0.5, 0.6) is 5.75 Å². The standard InChI is InChI=1S/C15H22N2O3/c1-10-8-17(9-11(2)20-10)15(19)14(16)7-12-3-5-13(18)6-4-12/h3-6,10-11,14,18H,7-9,16H2,1-2H3/t10-,11+,14?. The summed E-state index contributed by atoms with van der Waals surface area (Å²) in [5.74, 6) is 0.171. The summed E-state index contributed by atoms with van der Waals surface area (Å²) in [5, 5.41) is 9.24. The Labute approximate surface area is 119 Å². The SMILES string of the molecule is C[C@@H]1CN(C(=O)C(N)Cc2ccc(O)cc2)C[C@H](C)O1. The van der Waals surface area contributed by atoms with Crippen LogP contribution in [0.15, 0.2) is 24.3 Å². The Hall–Kier alpha value is -1.59. The van der Waals surface area contributed by atoms with Gasteiger partial charge in [0.25, 0.3) is 0 Å². The van der Waals surface area contributed by atoms with Gasteiger partial charge in [-0.05, 0) is 38.0 Å². The number of benzene rings is 1. The molecule has 1 aliphatic heterocycles. The average molecular weight is 278 g/mol. The number of nitrogens with zero attached hydrogens (tertiary/aromatic N) is 1. The number of nitrogens with two attached hydrogens (primary N) is 1. The Morgan fingerprint density at radius 1 is 1.35 bits per heavy atom. The molecule has 110 valence electrons. The van der Waals surface area contributed by atoms with Crippen molar-refractivity contribution in [2.45, 2.75) is 38.5 Å². The summed E-state index contributed by atoms with van der Waals surface area (Å²) in [4.78, 5) is 14.1. The molecular formula is C15H22N2O3. The van der Waals surface area contributed by atoms with Crippen LogP contribution in [-0.4, -0.2) is 47.3 Å². The van der Waals surface area contributed by atoms with E-state index in [2.05, 4.69) is 0 Å². The lowest BCUT2D eigenvalue weighted by Crippen LogP contribution is -2.53. The third-order valence-corrected chi connectivity index (χ3v) is 3.44. The lowest BCUT2D eigenvalue weighted by Gasteiger charge is -2.36. The van der Waals surface area contributed by atoms with Crippen LogP contribution in [0.3, 0.4) is 0 Å². The molecule has 5 heteroatoms. The van der Waals surface area contributed by atoms with Crippen LogP contribution >= 0.6 is 0 Å². The normalized spacial score (nSPS) is 24.4. The fourth-order valence-corrected chi connectivity index (χ4v) is 2.57. The van der Waals surface area contributed by atoms with Gasteiger partial charge in [-0.2, -0.15) is 0 Å². The van der Waals surface area contributed by atoms with Crippen LogP contribution in [0.2, 0.25) is 0 Å². The quantitative estimate of drug-likeness (QED) is 0.861. The molecule has 0 aromatic heterocycles. The predicted molar refractivity (Wildman–Crippen MR) is 76.4 cm³/mol. The second kappa shape index (κ2) is 6.24. The van der Waals surface area contributed by atoms with Gasteiger partial charge in [0.1, 0.15) is 5.75 Å². The number of hydrogen-bond acceptors (Lipinski definition) is 4. The highest BCUT2D eigenvalue weighted by Gasteiger charge is 2.28. The van der Waals surface area contributed by atoms with Gasteiger partial charge in [0, 0.05) is 13.1 Å². The van der Waals surface area contributed by atoms with E-state index in [0.717, 1.165) is 5.56 Å². The summed E-state index contributed by atoms with van der Waals surface area (Å²) < 4.78 is 5.62. The molecule has 1 amide bonds. The van der Waals surface area contributed by atoms with Gasteiger partial charge in [-0.3, -0.25) is 4.79 Å². The Balaban J connectivity index is 1.96. The predicted octanol–water partition coefficient (Wildman–Crippen LogP) is 0.898. The van der Waals surface area contributed by atoms with E-state index in [9.17, 15) is 9.90 Å². The lowest BCUT2D eigenvalue weighted by molar-refractivity contribution is -0.144. The molecule has 1 aliphatic rings. The van der Waals surface area contributed by atoms with E-state index in [-0.39, 0.29) is 23.9 Å². The van der Waals surface area contributed by atoms with E-state index >= 15 is 0 Å². The number of amides is 1. The van der Waals surface area contributed by atoms with E-state index in [0.29, 0.717) is 19.5 Å². The van der Waals surface area contributed by atoms with Gasteiger partial charge in [-0.25, -0.2) is 0 Å². The van der Waals surface area contributed by atoms with Crippen molar-refractivity contribution in [3.8, 4) is 5.75 Å². The molecular weight excluding hydrogens is 256 g/mol. The van der Waals surface area contributed by atoms with Crippen molar-refractivity contribution < 1.29 is 14.6 Å². The maximum Gasteiger partial charge on any atom is 0.240 e. The summed E-state index contributed by atoms with van der Waals surface area (Å²) >= 11 is 0. The number of carbonyl (C=O) groups is 1. The molecule has 20 heavy (non-hydrogen) atoms. The maximum absolute atomic E-state index is 12.4. The molecule has 1 saturated heterocycles. The van der Waals surface area contributed by atoms with Crippen molar-refractivity contribution in [3.63, 3.8) is 0 Å². The first-order chi connectivity index (χ1) is 9.45. The van der Waals surface area contributed by atoms with Gasteiger partial charge in [0.05, 0.1) is 18.2 Å². The molecule has 1 unspecified atom stereocenters. The number of morpholine rings is 1. The largest absolute Gasteiger partial charge is 0.508 e. The number of rotatable bonds is 3. The number of phenols is 1. The Morgan fingerprint density at radius 2 is 1.90 bits per heavy atom. The molecule has 1 aromatic rings. The molecule has 0 bridgehead atoms. The number of ether oxygens (including phenoxy) is 1. The van der Waals surface area contributed by atoms with Crippen LogP contribution in [0, 0.1) is 0 Å². The van der Waals surface area contributed by atoms with Gasteiger partial charge in [-0.1, -0.05) is 12.1 Å². The zero-order valence-corrected chi connectivity index (χ0v) is 12.0. The first kappa shape index (κ1) is 14.8. The van der Waals surface area contributed by atoms with Crippen LogP contribution in [0.25, 0.3) is 0 Å². The van der Waals surface area contributed by atoms with E-state index in [1.807, 2.05) is 13.8 Å². The van der Waals surface area contributed by atoms with Gasteiger partial charge < -0.3 is 20.5 Å². The molecule has 0 radical (unpaired) electrons. The smallest absolute Gasteiger partial charge is 0.240 e. The highest BCUT2D eigenvalue weighted by atomic mass is 16.5. The monoisotopic (exact) mass is 278 g/mol. The summed E-state index contributed by atoms with van der Waals surface area (Å²) in [7, 11) is 0. The van der Waals surface area contributed by atoms with E-state index < -0.39 is 6.04 Å². The molecule has 2 rings (SSSR count). The Bertz CT molecular complexity index is 451. The molecule has 0 aliphatic carbocycles. The van der Waals surface area contributed by atoms with E-state index in [1.54, 1.807) is 29.2 Å². The van der Waals surface area contributed by atoms with E-state index in [1.165, 1.54) is 0 Å². The lowest BCUT2D eigenvalue weighted by atomic mass is 10.0. The summed E-state index contributed by atoms with van der Waals surface area (Å²) in [6, 6.07) is 6.22. The van der Waals surface area contributed by atoms with Gasteiger partial charge in [-0.15, -0.1) is 0 Å². The van der Waals surface area contributed by atoms with Crippen molar-refractivity contribution in [2.75, 3.05) is 13.1 Å². The zero-order valence-electron chi connectivity index (χ0n) is 12.0. The van der Waals surface area contributed by atoms with Crippen molar-refractivity contribution >= 4 is 5.91 Å². The molecule has 1 fully saturated rings. The van der Waals surface area contributed by atoms with Crippen LogP contribution in [0.1, 0.15) is 19.4 Å². The van der Waals surface area contributed by atoms with Crippen LogP contribution in [0.4, 0.5) is 0 Å². The first-order valence-corrected chi connectivity index (χ1v) is 6.93. The Kier molecular flexibility index (Phi) is 4.62. The molecule has 5 nitrogen and oxygen atoms in total. The van der Waals surface area contributed by atoms with Gasteiger partial charge in [0.15, 0.2) is 0 Å². The van der Waals surface area contributed by atoms with Gasteiger partial charge >= 0.3 is 0 Å². The molecule has 1 heterocycles. The Morgan fingerprint density at radius 3 is 2.45 bits per heavy atom. The fourth-order valence-electron chi connectivity index (χ4n) is 2.57. The summed E-state index contributed by atoms with van der Waals surface area (Å²) in [5.41, 5.74) is 6.96. The highest BCUT2D eigenvalue weighted by molar-refractivity contribution is 5.82. The molecule has 3 atom stereocenters. The minimum absolute atomic E-state index is 0.0416. The molecule has 0 saturated carbocycles. The summed E-state index contributed by atoms with van der Waals surface area (Å²) in [6.07, 6.45) is 0.561. The molecule has 0 spiro atoms. The number of hydrogen-bond donors (Lipinski definition) is 2. The number of aromatic hydroxyl groups is 1. The average Bonchev–Trinajstić information content (AvgIpc) is 2.39. The maximum atomic E-state index is 12.4. The second-order valence-corrected chi connectivity index (χ2v) is 5.48. The van der Waals surface area contributed by atoms with Gasteiger partial charge in [0.2, 0.25) is 5.91 Å². The second-order valence-electron chi connectivity index (χ2n) is 5.48. The molecule has 3 N–H and O–H groups in total. The van der Waals surface area contributed by atoms with Crippen molar-refractivity contribution in [1.29, 1.82) is 0 Å². The minimum Gasteiger partial charge on any atom is -0.508 e. The number of phenolic OH excluding ortho intramolecular Hbond substituents is 1. The molecule has 1 aromatic carbocycles. The topological polar surface area (TPSA) is 75.8 Å². The summed E-state index contributed by atoms with van der Waals surface area (Å²) in [6.45, 7) is 5.10. The minimum atomic E-state index is -0.558. The van der Waals surface area contributed by atoms with E-state index in [4.69, 9.17) is 10.5 Å². The van der Waals surface area contributed by atoms with Crippen molar-refractivity contribution in [2.24, 2.45) is 5.73 Å². The third-order valence-electron chi connectivity index (χ3n) is 3.44. The van der Waals surface area contributed by atoms with Crippen LogP contribution in [-0.2, 0) is 16.0 Å². The number of carbonyl (C=O) groups excluding carboxylic acids is 1. The highest BCUT2D eigenvalue weighted by Crippen LogP contribution is 2.14. The van der Waals surface area contributed by atoms with Crippen LogP contribution < -0.4 is 5.73 Å². The van der Waals surface area contributed by atoms with Crippen molar-refractivity contribution in [3.05, 3.63) is 29.8 Å². The first-order valence-electron chi connectivity index (χ1n) is 6.93. The fraction of sp³-hybridized carbons (Fsp3) is 0.533. The zero-order chi connectivity index (χ0) is 14.7. The third kappa shape index (κ3) is 3.71.